The Labute approximate surface area is 148 Å². The fraction of sp³-hybridized carbons (Fsp3) is 0.368. The van der Waals surface area contributed by atoms with E-state index in [9.17, 15) is 0 Å². The maximum Gasteiger partial charge on any atom is 0.222 e. The van der Waals surface area contributed by atoms with Crippen molar-refractivity contribution in [3.8, 4) is 29.1 Å². The average molecular weight is 340 g/mol. The van der Waals surface area contributed by atoms with Gasteiger partial charge in [-0.2, -0.15) is 4.98 Å². The molecule has 0 saturated heterocycles. The van der Waals surface area contributed by atoms with Crippen LogP contribution in [0, 0.1) is 11.8 Å². The van der Waals surface area contributed by atoms with E-state index in [4.69, 9.17) is 20.9 Å². The minimum absolute atomic E-state index is 0.106. The highest BCUT2D eigenvalue weighted by Gasteiger charge is 2.16. The molecule has 6 nitrogen and oxygen atoms in total. The zero-order valence-electron chi connectivity index (χ0n) is 15.1. The molecule has 0 amide bonds. The molecule has 0 unspecified atom stereocenters. The van der Waals surface area contributed by atoms with Gasteiger partial charge in [0.1, 0.15) is 11.5 Å². The molecule has 1 aromatic carbocycles. The number of aromatic nitrogens is 2. The van der Waals surface area contributed by atoms with Gasteiger partial charge in [0.2, 0.25) is 5.95 Å². The standard InChI is InChI=1S/C19H24N4O2/c1-5-6-7-8-13-9-16(14(12(2)3)10-15(13)24-4)25-17-11-22-19(21)23-18(17)20/h9-12H,5-6H2,1-4H3,(H4,20,21,22,23). The van der Waals surface area contributed by atoms with E-state index in [1.54, 1.807) is 7.11 Å². The summed E-state index contributed by atoms with van der Waals surface area (Å²) in [5.74, 6) is 8.52. The Morgan fingerprint density at radius 1 is 1.16 bits per heavy atom. The van der Waals surface area contributed by atoms with Gasteiger partial charge in [0.15, 0.2) is 11.6 Å². The Hall–Kier alpha value is -2.94. The highest BCUT2D eigenvalue weighted by atomic mass is 16.5. The van der Waals surface area contributed by atoms with Crippen LogP contribution in [0.15, 0.2) is 18.3 Å². The minimum Gasteiger partial charge on any atom is -0.495 e. The topological polar surface area (TPSA) is 96.3 Å². The van der Waals surface area contributed by atoms with E-state index < -0.39 is 0 Å². The maximum absolute atomic E-state index is 5.97. The zero-order chi connectivity index (χ0) is 18.4. The summed E-state index contributed by atoms with van der Waals surface area (Å²) < 4.78 is 11.5. The Morgan fingerprint density at radius 3 is 2.52 bits per heavy atom. The van der Waals surface area contributed by atoms with E-state index >= 15 is 0 Å². The molecule has 0 atom stereocenters. The first-order chi connectivity index (χ1) is 12.0. The van der Waals surface area contributed by atoms with Crippen molar-refractivity contribution in [1.82, 2.24) is 9.97 Å². The second-order valence-corrected chi connectivity index (χ2v) is 5.88. The number of nitrogen functional groups attached to an aromatic ring is 2. The van der Waals surface area contributed by atoms with Crippen LogP contribution in [-0.2, 0) is 0 Å². The van der Waals surface area contributed by atoms with Crippen molar-refractivity contribution in [3.63, 3.8) is 0 Å². The van der Waals surface area contributed by atoms with Gasteiger partial charge in [-0.05, 0) is 18.4 Å². The first-order valence-corrected chi connectivity index (χ1v) is 8.22. The summed E-state index contributed by atoms with van der Waals surface area (Å²) in [5, 5.41) is 0. The number of benzene rings is 1. The first-order valence-electron chi connectivity index (χ1n) is 8.22. The molecule has 0 aliphatic carbocycles. The Bertz CT molecular complexity index is 807. The van der Waals surface area contributed by atoms with Gasteiger partial charge in [0.25, 0.3) is 0 Å². The molecule has 6 heteroatoms. The molecule has 0 fully saturated rings. The molecule has 0 radical (unpaired) electrons. The highest BCUT2D eigenvalue weighted by Crippen LogP contribution is 2.37. The molecule has 1 aromatic heterocycles. The third-order valence-electron chi connectivity index (χ3n) is 3.57. The van der Waals surface area contributed by atoms with Crippen LogP contribution in [0.3, 0.4) is 0 Å². The lowest BCUT2D eigenvalue weighted by Crippen LogP contribution is -2.03. The number of unbranched alkanes of at least 4 members (excludes halogenated alkanes) is 1. The SMILES string of the molecule is CCCC#Cc1cc(Oc2cnc(N)nc2N)c(C(C)C)cc1OC. The van der Waals surface area contributed by atoms with Crippen molar-refractivity contribution >= 4 is 11.8 Å². The lowest BCUT2D eigenvalue weighted by molar-refractivity contribution is 0.409. The fourth-order valence-electron chi connectivity index (χ4n) is 2.26. The lowest BCUT2D eigenvalue weighted by atomic mass is 9.99. The van der Waals surface area contributed by atoms with Crippen molar-refractivity contribution in [2.24, 2.45) is 0 Å². The van der Waals surface area contributed by atoms with Gasteiger partial charge in [0, 0.05) is 18.1 Å². The predicted octanol–water partition coefficient (Wildman–Crippen LogP) is 3.72. The summed E-state index contributed by atoms with van der Waals surface area (Å²) in [5.41, 5.74) is 13.2. The molecule has 132 valence electrons. The second kappa shape index (κ2) is 8.25. The van der Waals surface area contributed by atoms with Crippen LogP contribution < -0.4 is 20.9 Å². The Balaban J connectivity index is 2.50. The van der Waals surface area contributed by atoms with Crippen LogP contribution in [0.2, 0.25) is 0 Å². The summed E-state index contributed by atoms with van der Waals surface area (Å²) in [4.78, 5) is 7.86. The Morgan fingerprint density at radius 2 is 1.92 bits per heavy atom. The van der Waals surface area contributed by atoms with E-state index in [1.807, 2.05) is 12.1 Å². The van der Waals surface area contributed by atoms with Gasteiger partial charge in [-0.15, -0.1) is 0 Å². The van der Waals surface area contributed by atoms with Crippen molar-refractivity contribution in [2.75, 3.05) is 18.6 Å². The Kier molecular flexibility index (Phi) is 6.07. The van der Waals surface area contributed by atoms with Crippen LogP contribution in [0.25, 0.3) is 0 Å². The third kappa shape index (κ3) is 4.54. The van der Waals surface area contributed by atoms with Gasteiger partial charge >= 0.3 is 0 Å². The van der Waals surface area contributed by atoms with Crippen LogP contribution in [0.1, 0.15) is 50.7 Å². The summed E-state index contributed by atoms with van der Waals surface area (Å²) in [6, 6.07) is 3.82. The number of hydrogen-bond donors (Lipinski definition) is 2. The van der Waals surface area contributed by atoms with Crippen molar-refractivity contribution in [3.05, 3.63) is 29.5 Å². The van der Waals surface area contributed by atoms with Gasteiger partial charge in [-0.3, -0.25) is 0 Å². The molecular weight excluding hydrogens is 316 g/mol. The zero-order valence-corrected chi connectivity index (χ0v) is 15.1. The molecule has 0 aliphatic heterocycles. The van der Waals surface area contributed by atoms with Crippen molar-refractivity contribution < 1.29 is 9.47 Å². The van der Waals surface area contributed by atoms with Gasteiger partial charge in [-0.1, -0.05) is 32.6 Å². The average Bonchev–Trinajstić information content (AvgIpc) is 2.57. The molecule has 2 aromatic rings. The number of rotatable bonds is 5. The van der Waals surface area contributed by atoms with Crippen LogP contribution in [-0.4, -0.2) is 17.1 Å². The third-order valence-corrected chi connectivity index (χ3v) is 3.57. The van der Waals surface area contributed by atoms with E-state index in [0.717, 1.165) is 29.7 Å². The van der Waals surface area contributed by atoms with Gasteiger partial charge in [-0.25, -0.2) is 4.98 Å². The lowest BCUT2D eigenvalue weighted by Gasteiger charge is -2.17. The largest absolute Gasteiger partial charge is 0.495 e. The maximum atomic E-state index is 5.97. The molecule has 0 saturated carbocycles. The summed E-state index contributed by atoms with van der Waals surface area (Å²) >= 11 is 0. The quantitative estimate of drug-likeness (QED) is 0.805. The van der Waals surface area contributed by atoms with E-state index in [2.05, 4.69) is 42.6 Å². The van der Waals surface area contributed by atoms with Gasteiger partial charge in [0.05, 0.1) is 18.9 Å². The normalized spacial score (nSPS) is 10.3. The smallest absolute Gasteiger partial charge is 0.222 e. The molecular formula is C19H24N4O2. The highest BCUT2D eigenvalue weighted by molar-refractivity contribution is 5.57. The van der Waals surface area contributed by atoms with Crippen LogP contribution in [0.4, 0.5) is 11.8 Å². The molecule has 1 heterocycles. The van der Waals surface area contributed by atoms with E-state index in [-0.39, 0.29) is 17.7 Å². The number of nitrogens with two attached hydrogens (primary N) is 2. The van der Waals surface area contributed by atoms with Crippen molar-refractivity contribution in [2.45, 2.75) is 39.5 Å². The summed E-state index contributed by atoms with van der Waals surface area (Å²) in [6.45, 7) is 6.24. The van der Waals surface area contributed by atoms with E-state index in [1.165, 1.54) is 6.20 Å². The minimum atomic E-state index is 0.106. The van der Waals surface area contributed by atoms with E-state index in [0.29, 0.717) is 11.5 Å². The number of hydrogen-bond acceptors (Lipinski definition) is 6. The molecule has 0 bridgehead atoms. The van der Waals surface area contributed by atoms with Gasteiger partial charge < -0.3 is 20.9 Å². The molecule has 4 N–H and O–H groups in total. The fourth-order valence-corrected chi connectivity index (χ4v) is 2.26. The van der Waals surface area contributed by atoms with Crippen LogP contribution >= 0.6 is 0 Å². The number of anilines is 2. The summed E-state index contributed by atoms with van der Waals surface area (Å²) in [6.07, 6.45) is 3.29. The number of ether oxygens (including phenoxy) is 2. The molecule has 0 aliphatic rings. The monoisotopic (exact) mass is 340 g/mol. The second-order valence-electron chi connectivity index (χ2n) is 5.88. The van der Waals surface area contributed by atoms with Crippen molar-refractivity contribution in [1.29, 1.82) is 0 Å². The first kappa shape index (κ1) is 18.4. The number of nitrogens with zero attached hydrogens (tertiary/aromatic N) is 2. The molecule has 2 rings (SSSR count). The molecule has 0 spiro atoms. The van der Waals surface area contributed by atoms with Crippen LogP contribution in [0.5, 0.6) is 17.2 Å². The summed E-state index contributed by atoms with van der Waals surface area (Å²) in [7, 11) is 1.64. The predicted molar refractivity (Wildman–Crippen MR) is 99.8 cm³/mol. The number of methoxy groups -OCH3 is 1. The molecule has 25 heavy (non-hydrogen) atoms.